The van der Waals surface area contributed by atoms with E-state index in [4.69, 9.17) is 0 Å². The Balaban J connectivity index is 1.42. The van der Waals surface area contributed by atoms with Crippen LogP contribution in [0.1, 0.15) is 75.0 Å². The Bertz CT molecular complexity index is 1600. The highest BCUT2D eigenvalue weighted by atomic mass is 16.2. The van der Waals surface area contributed by atoms with Crippen LogP contribution in [0.2, 0.25) is 0 Å². The topological polar surface area (TPSA) is 138 Å². The van der Waals surface area contributed by atoms with Crippen LogP contribution in [0.5, 0.6) is 0 Å². The van der Waals surface area contributed by atoms with Crippen molar-refractivity contribution in [1.82, 2.24) is 35.2 Å². The van der Waals surface area contributed by atoms with Crippen molar-refractivity contribution >= 4 is 17.7 Å². The molecular formula is C34H40N8O3. The summed E-state index contributed by atoms with van der Waals surface area (Å²) in [7, 11) is 6.96. The number of carbonyl (C=O) groups is 3. The zero-order chi connectivity index (χ0) is 32.0. The minimum Gasteiger partial charge on any atom is -0.345 e. The molecule has 45 heavy (non-hydrogen) atoms. The summed E-state index contributed by atoms with van der Waals surface area (Å²) in [5.74, 6) is 0.904. The van der Waals surface area contributed by atoms with Crippen molar-refractivity contribution in [3.8, 4) is 6.07 Å². The van der Waals surface area contributed by atoms with Crippen molar-refractivity contribution in [1.29, 1.82) is 5.26 Å². The van der Waals surface area contributed by atoms with Gasteiger partial charge in [0.15, 0.2) is 0 Å². The molecule has 2 aromatic carbocycles. The summed E-state index contributed by atoms with van der Waals surface area (Å²) in [5.41, 5.74) is 4.44. The molecule has 234 valence electrons. The van der Waals surface area contributed by atoms with E-state index in [0.717, 1.165) is 35.1 Å². The molecule has 0 bridgehead atoms. The Morgan fingerprint density at radius 1 is 1.02 bits per heavy atom. The van der Waals surface area contributed by atoms with Crippen LogP contribution < -0.4 is 5.32 Å². The Kier molecular flexibility index (Phi) is 7.95. The summed E-state index contributed by atoms with van der Waals surface area (Å²) < 4.78 is 0. The van der Waals surface area contributed by atoms with Crippen molar-refractivity contribution < 1.29 is 14.4 Å². The molecule has 1 aliphatic heterocycles. The number of carbonyl (C=O) groups excluding carboxylic acids is 3. The molecule has 1 saturated carbocycles. The molecule has 4 atom stereocenters. The van der Waals surface area contributed by atoms with Crippen molar-refractivity contribution in [3.63, 3.8) is 0 Å². The second-order valence-electron chi connectivity index (χ2n) is 13.1. The fourth-order valence-electron chi connectivity index (χ4n) is 7.43. The predicted molar refractivity (Wildman–Crippen MR) is 167 cm³/mol. The Morgan fingerprint density at radius 3 is 2.13 bits per heavy atom. The highest BCUT2D eigenvalue weighted by Crippen LogP contribution is 2.48. The van der Waals surface area contributed by atoms with Gasteiger partial charge in [-0.2, -0.15) is 5.26 Å². The SMILES string of the molecule is C[C@@H](CC1(c2nnc[nH]2)c2ccc(C(=O)N(C)C)cc2CCc2cc(C(=O)N(C)C)ccc21)NCC(=O)N1[C@H](C#N)C[C@@H]2C[C@@H]21. The number of amides is 3. The molecule has 1 aromatic heterocycles. The Morgan fingerprint density at radius 2 is 1.62 bits per heavy atom. The lowest BCUT2D eigenvalue weighted by Gasteiger charge is -2.37. The molecule has 0 unspecified atom stereocenters. The molecule has 0 radical (unpaired) electrons. The lowest BCUT2D eigenvalue weighted by Crippen LogP contribution is -2.46. The zero-order valence-corrected chi connectivity index (χ0v) is 26.5. The summed E-state index contributed by atoms with van der Waals surface area (Å²) in [5, 5.41) is 21.8. The van der Waals surface area contributed by atoms with Crippen LogP contribution in [0.3, 0.4) is 0 Å². The third kappa shape index (κ3) is 5.37. The normalized spacial score (nSPS) is 21.4. The number of hydrogen-bond donors (Lipinski definition) is 2. The fourth-order valence-corrected chi connectivity index (χ4v) is 7.43. The highest BCUT2D eigenvalue weighted by Gasteiger charge is 2.54. The number of rotatable bonds is 8. The number of aryl methyl sites for hydroxylation is 2. The van der Waals surface area contributed by atoms with Crippen molar-refractivity contribution in [2.24, 2.45) is 5.92 Å². The van der Waals surface area contributed by atoms with E-state index in [9.17, 15) is 19.6 Å². The lowest BCUT2D eigenvalue weighted by molar-refractivity contribution is -0.131. The van der Waals surface area contributed by atoms with Gasteiger partial charge in [-0.3, -0.25) is 14.4 Å². The first-order valence-corrected chi connectivity index (χ1v) is 15.6. The molecule has 3 amide bonds. The van der Waals surface area contributed by atoms with E-state index in [0.29, 0.717) is 42.1 Å². The van der Waals surface area contributed by atoms with Gasteiger partial charge in [0.2, 0.25) is 5.91 Å². The van der Waals surface area contributed by atoms with E-state index in [1.807, 2.05) is 36.4 Å². The van der Waals surface area contributed by atoms with Gasteiger partial charge < -0.3 is 25.0 Å². The summed E-state index contributed by atoms with van der Waals surface area (Å²) in [6.07, 6.45) is 5.17. The van der Waals surface area contributed by atoms with Gasteiger partial charge in [0.25, 0.3) is 11.8 Å². The fraction of sp³-hybridized carbons (Fsp3) is 0.471. The molecule has 2 aliphatic carbocycles. The van der Waals surface area contributed by atoms with Gasteiger partial charge in [-0.15, -0.1) is 10.2 Å². The van der Waals surface area contributed by atoms with Gasteiger partial charge >= 0.3 is 0 Å². The van der Waals surface area contributed by atoms with E-state index < -0.39 is 5.41 Å². The second-order valence-corrected chi connectivity index (χ2v) is 13.1. The van der Waals surface area contributed by atoms with Gasteiger partial charge in [0.1, 0.15) is 18.2 Å². The van der Waals surface area contributed by atoms with E-state index in [1.54, 1.807) is 49.2 Å². The number of piperidine rings is 1. The van der Waals surface area contributed by atoms with Crippen LogP contribution in [0.15, 0.2) is 42.7 Å². The van der Waals surface area contributed by atoms with E-state index >= 15 is 0 Å². The van der Waals surface area contributed by atoms with Gasteiger partial charge in [-0.25, -0.2) is 0 Å². The van der Waals surface area contributed by atoms with Crippen LogP contribution in [0.4, 0.5) is 0 Å². The Hall–Kier alpha value is -4.56. The third-order valence-corrected chi connectivity index (χ3v) is 9.68. The summed E-state index contributed by atoms with van der Waals surface area (Å²) in [4.78, 5) is 47.6. The van der Waals surface area contributed by atoms with Crippen LogP contribution in [-0.2, 0) is 23.1 Å². The number of nitrogens with zero attached hydrogens (tertiary/aromatic N) is 6. The van der Waals surface area contributed by atoms with Crippen molar-refractivity contribution in [2.45, 2.75) is 62.6 Å². The molecule has 11 nitrogen and oxygen atoms in total. The number of likely N-dealkylation sites (tertiary alicyclic amines) is 1. The van der Waals surface area contributed by atoms with Gasteiger partial charge in [-0.05, 0) is 91.5 Å². The number of hydrogen-bond acceptors (Lipinski definition) is 7. The summed E-state index contributed by atoms with van der Waals surface area (Å²) >= 11 is 0. The number of nitrogens with one attached hydrogen (secondary N) is 2. The minimum atomic E-state index is -0.822. The average molecular weight is 609 g/mol. The monoisotopic (exact) mass is 608 g/mol. The number of fused-ring (bicyclic) bond motifs is 3. The molecule has 3 aliphatic rings. The van der Waals surface area contributed by atoms with Gasteiger partial charge in [0.05, 0.1) is 18.0 Å². The van der Waals surface area contributed by atoms with Crippen LogP contribution in [0.25, 0.3) is 0 Å². The van der Waals surface area contributed by atoms with Gasteiger partial charge in [-0.1, -0.05) is 12.1 Å². The molecule has 2 fully saturated rings. The molecule has 11 heteroatoms. The number of aromatic amines is 1. The second kappa shape index (κ2) is 11.7. The van der Waals surface area contributed by atoms with Crippen LogP contribution in [0, 0.1) is 17.2 Å². The molecule has 2 heterocycles. The maximum Gasteiger partial charge on any atom is 0.253 e. The number of benzene rings is 2. The summed E-state index contributed by atoms with van der Waals surface area (Å²) in [6.45, 7) is 2.18. The van der Waals surface area contributed by atoms with Gasteiger partial charge in [0, 0.05) is 51.4 Å². The average Bonchev–Trinajstić information content (AvgIpc) is 3.42. The maximum atomic E-state index is 13.3. The van der Waals surface area contributed by atoms with Crippen molar-refractivity contribution in [2.75, 3.05) is 34.7 Å². The lowest BCUT2D eigenvalue weighted by atomic mass is 9.67. The van der Waals surface area contributed by atoms with E-state index in [-0.39, 0.29) is 42.4 Å². The molecule has 0 spiro atoms. The molecule has 1 saturated heterocycles. The third-order valence-electron chi connectivity index (χ3n) is 9.68. The zero-order valence-electron chi connectivity index (χ0n) is 26.5. The first-order valence-electron chi connectivity index (χ1n) is 15.6. The first kappa shape index (κ1) is 30.5. The van der Waals surface area contributed by atoms with E-state index in [2.05, 4.69) is 33.5 Å². The predicted octanol–water partition coefficient (Wildman–Crippen LogP) is 2.52. The molecular weight excluding hydrogens is 568 g/mol. The maximum absolute atomic E-state index is 13.3. The van der Waals surface area contributed by atoms with Crippen molar-refractivity contribution in [3.05, 3.63) is 81.9 Å². The number of nitriles is 1. The standard InChI is InChI=1S/C34H40N8O3/c1-20(36-18-30(43)42-26(17-35)14-25-15-29(25)42)16-34(33-37-19-38-39-33)27-10-8-23(31(44)40(2)3)12-21(27)6-7-22-13-24(9-11-28(22)34)32(45)41(4)5/h8-13,19-20,25-26,29,36H,6-7,14-16,18H2,1-5H3,(H,37,38,39)/t20-,25+,26-,29-/m0/s1. The number of H-pyrrole nitrogens is 1. The van der Waals surface area contributed by atoms with E-state index in [1.165, 1.54) is 0 Å². The molecule has 3 aromatic rings. The van der Waals surface area contributed by atoms with Crippen LogP contribution in [-0.4, -0.2) is 100 Å². The Labute approximate surface area is 263 Å². The summed E-state index contributed by atoms with van der Waals surface area (Å²) in [6, 6.07) is 13.7. The molecule has 6 rings (SSSR count). The molecule has 2 N–H and O–H groups in total. The smallest absolute Gasteiger partial charge is 0.253 e. The minimum absolute atomic E-state index is 0.0486. The highest BCUT2D eigenvalue weighted by molar-refractivity contribution is 5.95. The largest absolute Gasteiger partial charge is 0.345 e. The quantitative estimate of drug-likeness (QED) is 0.401. The number of aromatic nitrogens is 3. The van der Waals surface area contributed by atoms with Crippen LogP contribution >= 0.6 is 0 Å². The first-order chi connectivity index (χ1) is 21.5.